The fraction of sp³-hybridized carbons (Fsp3) is 0.348. The second-order valence-electron chi connectivity index (χ2n) is 7.79. The molecule has 7 nitrogen and oxygen atoms in total. The Labute approximate surface area is 211 Å². The summed E-state index contributed by atoms with van der Waals surface area (Å²) in [7, 11) is 0. The molecule has 0 bridgehead atoms. The molecule has 0 aliphatic carbocycles. The van der Waals surface area contributed by atoms with E-state index >= 15 is 0 Å². The van der Waals surface area contributed by atoms with Crippen LogP contribution in [0.1, 0.15) is 24.5 Å². The molecule has 0 radical (unpaired) electrons. The van der Waals surface area contributed by atoms with Gasteiger partial charge in [0.15, 0.2) is 17.0 Å². The van der Waals surface area contributed by atoms with Gasteiger partial charge >= 0.3 is 5.97 Å². The second kappa shape index (κ2) is 12.8. The third-order valence-electron chi connectivity index (χ3n) is 5.10. The third-order valence-corrected chi connectivity index (χ3v) is 6.30. The fourth-order valence-electron chi connectivity index (χ4n) is 3.48. The predicted octanol–water partition coefficient (Wildman–Crippen LogP) is 2.93. The van der Waals surface area contributed by atoms with E-state index in [9.17, 15) is 27.6 Å². The number of halogens is 4. The van der Waals surface area contributed by atoms with Crippen LogP contribution in [0, 0.1) is 17.5 Å². The van der Waals surface area contributed by atoms with Crippen LogP contribution in [-0.4, -0.2) is 46.4 Å². The van der Waals surface area contributed by atoms with Gasteiger partial charge < -0.3 is 20.7 Å². The van der Waals surface area contributed by atoms with Gasteiger partial charge in [-0.3, -0.25) is 14.4 Å². The van der Waals surface area contributed by atoms with Crippen LogP contribution in [0.15, 0.2) is 36.4 Å². The van der Waals surface area contributed by atoms with Crippen molar-refractivity contribution < 1.29 is 32.3 Å². The zero-order valence-corrected chi connectivity index (χ0v) is 20.4. The molecule has 3 N–H and O–H groups in total. The number of nitrogens with one attached hydrogen (secondary N) is 1. The van der Waals surface area contributed by atoms with E-state index in [1.54, 1.807) is 24.3 Å². The molecular formula is C23H25ClF3N3O4S. The van der Waals surface area contributed by atoms with Crippen LogP contribution in [0.25, 0.3) is 0 Å². The van der Waals surface area contributed by atoms with Gasteiger partial charge in [-0.25, -0.2) is 13.2 Å². The highest BCUT2D eigenvalue weighted by Crippen LogP contribution is 2.25. The quantitative estimate of drug-likeness (QED) is 0.308. The average molecular weight is 532 g/mol. The highest BCUT2D eigenvalue weighted by molar-refractivity contribution is 8.00. The number of amides is 2. The van der Waals surface area contributed by atoms with Gasteiger partial charge in [-0.15, -0.1) is 24.2 Å². The van der Waals surface area contributed by atoms with Crippen LogP contribution >= 0.6 is 24.2 Å². The number of hydrogen-bond acceptors (Lipinski definition) is 6. The van der Waals surface area contributed by atoms with Crippen LogP contribution in [0.3, 0.4) is 0 Å². The number of thioether (sulfide) groups is 1. The van der Waals surface area contributed by atoms with Crippen molar-refractivity contribution in [2.24, 2.45) is 5.73 Å². The Morgan fingerprint density at radius 3 is 2.46 bits per heavy atom. The number of nitrogens with two attached hydrogens (primary N) is 1. The predicted molar refractivity (Wildman–Crippen MR) is 127 cm³/mol. The number of carbonyl (C=O) groups is 3. The van der Waals surface area contributed by atoms with Crippen molar-refractivity contribution in [3.63, 3.8) is 0 Å². The van der Waals surface area contributed by atoms with E-state index in [-0.39, 0.29) is 49.2 Å². The smallest absolute Gasteiger partial charge is 0.308 e. The van der Waals surface area contributed by atoms with E-state index in [1.165, 1.54) is 23.6 Å². The summed E-state index contributed by atoms with van der Waals surface area (Å²) in [5.41, 5.74) is 6.62. The molecule has 1 aliphatic heterocycles. The highest BCUT2D eigenvalue weighted by Gasteiger charge is 2.35. The third kappa shape index (κ3) is 7.87. The molecule has 2 aromatic carbocycles. The van der Waals surface area contributed by atoms with Gasteiger partial charge in [0.1, 0.15) is 11.6 Å². The first-order chi connectivity index (χ1) is 16.1. The molecule has 2 atom stereocenters. The zero-order valence-electron chi connectivity index (χ0n) is 18.8. The lowest BCUT2D eigenvalue weighted by Crippen LogP contribution is -2.46. The summed E-state index contributed by atoms with van der Waals surface area (Å²) in [6.07, 6.45) is -0.337. The highest BCUT2D eigenvalue weighted by atomic mass is 35.5. The van der Waals surface area contributed by atoms with Gasteiger partial charge in [-0.05, 0) is 35.7 Å². The summed E-state index contributed by atoms with van der Waals surface area (Å²) >= 11 is 1.31. The molecule has 190 valence electrons. The standard InChI is InChI=1S/C23H24F3N3O4S.ClH/c1-13(30)33-17-4-2-14(3-5-17)12-28-22(32)23-29(6-7-34-23)21(31)10-16(27)8-15-9-19(25)20(26)11-18(15)24;/h2-5,9,11,16,23H,6-8,10,12,27H2,1H3,(H,28,32);1H/t16-,23?;/m1./s1. The Bertz CT molecular complexity index is 1070. The van der Waals surface area contributed by atoms with Crippen molar-refractivity contribution in [2.75, 3.05) is 12.3 Å². The fourth-order valence-corrected chi connectivity index (χ4v) is 4.64. The number of nitrogens with zero attached hydrogens (tertiary/aromatic N) is 1. The van der Waals surface area contributed by atoms with E-state index in [1.807, 2.05) is 0 Å². The molecule has 3 rings (SSSR count). The SMILES string of the molecule is CC(=O)Oc1ccc(CNC(=O)C2SCCN2C(=O)C[C@H](N)Cc2cc(F)c(F)cc2F)cc1.Cl. The lowest BCUT2D eigenvalue weighted by molar-refractivity contribution is -0.136. The second-order valence-corrected chi connectivity index (χ2v) is 8.98. The van der Waals surface area contributed by atoms with E-state index in [0.29, 0.717) is 24.1 Å². The van der Waals surface area contributed by atoms with Crippen molar-refractivity contribution in [1.82, 2.24) is 10.2 Å². The van der Waals surface area contributed by atoms with Crippen molar-refractivity contribution >= 4 is 42.0 Å². The summed E-state index contributed by atoms with van der Waals surface area (Å²) in [4.78, 5) is 37.8. The minimum absolute atomic E-state index is 0. The van der Waals surface area contributed by atoms with Crippen molar-refractivity contribution in [3.05, 3.63) is 65.0 Å². The number of benzene rings is 2. The Balaban J connectivity index is 0.00000432. The van der Waals surface area contributed by atoms with Gasteiger partial charge in [-0.2, -0.15) is 0 Å². The van der Waals surface area contributed by atoms with E-state index in [0.717, 1.165) is 11.6 Å². The van der Waals surface area contributed by atoms with E-state index in [4.69, 9.17) is 10.5 Å². The summed E-state index contributed by atoms with van der Waals surface area (Å²) in [6, 6.07) is 6.98. The summed E-state index contributed by atoms with van der Waals surface area (Å²) in [5, 5.41) is 2.04. The topological polar surface area (TPSA) is 102 Å². The number of ether oxygens (including phenoxy) is 1. The minimum atomic E-state index is -1.30. The molecule has 35 heavy (non-hydrogen) atoms. The molecule has 1 heterocycles. The van der Waals surface area contributed by atoms with Crippen molar-refractivity contribution in [1.29, 1.82) is 0 Å². The van der Waals surface area contributed by atoms with Gasteiger partial charge in [0.2, 0.25) is 5.91 Å². The Morgan fingerprint density at radius 1 is 1.14 bits per heavy atom. The first-order valence-corrected chi connectivity index (χ1v) is 11.5. The largest absolute Gasteiger partial charge is 0.427 e. The van der Waals surface area contributed by atoms with E-state index in [2.05, 4.69) is 5.32 Å². The molecule has 2 aromatic rings. The Kier molecular flexibility index (Phi) is 10.4. The van der Waals surface area contributed by atoms with Gasteiger partial charge in [0, 0.05) is 44.3 Å². The van der Waals surface area contributed by atoms with Crippen LogP contribution in [0.4, 0.5) is 13.2 Å². The minimum Gasteiger partial charge on any atom is -0.427 e. The molecule has 1 aliphatic rings. The number of esters is 1. The maximum absolute atomic E-state index is 13.9. The number of carbonyl (C=O) groups excluding carboxylic acids is 3. The summed E-state index contributed by atoms with van der Waals surface area (Å²) in [5.74, 6) is -3.63. The van der Waals surface area contributed by atoms with Crippen LogP contribution in [0.5, 0.6) is 5.75 Å². The number of hydrogen-bond donors (Lipinski definition) is 2. The molecule has 0 aromatic heterocycles. The van der Waals surface area contributed by atoms with Crippen molar-refractivity contribution in [3.8, 4) is 5.75 Å². The van der Waals surface area contributed by atoms with E-state index < -0.39 is 34.8 Å². The molecule has 1 saturated heterocycles. The molecule has 2 amide bonds. The molecule has 0 spiro atoms. The first-order valence-electron chi connectivity index (χ1n) is 10.5. The van der Waals surface area contributed by atoms with Crippen LogP contribution in [-0.2, 0) is 27.3 Å². The van der Waals surface area contributed by atoms with Crippen LogP contribution in [0.2, 0.25) is 0 Å². The van der Waals surface area contributed by atoms with Crippen LogP contribution < -0.4 is 15.8 Å². The maximum atomic E-state index is 13.9. The Hall–Kier alpha value is -2.76. The lowest BCUT2D eigenvalue weighted by Gasteiger charge is -2.24. The molecule has 1 fully saturated rings. The summed E-state index contributed by atoms with van der Waals surface area (Å²) in [6.45, 7) is 1.87. The molecular weight excluding hydrogens is 507 g/mol. The molecule has 1 unspecified atom stereocenters. The van der Waals surface area contributed by atoms with Gasteiger partial charge in [-0.1, -0.05) is 12.1 Å². The molecule has 0 saturated carbocycles. The molecule has 12 heteroatoms. The number of rotatable bonds is 8. The normalized spacial score (nSPS) is 15.8. The maximum Gasteiger partial charge on any atom is 0.308 e. The summed E-state index contributed by atoms with van der Waals surface area (Å²) < 4.78 is 45.3. The lowest BCUT2D eigenvalue weighted by atomic mass is 10.0. The zero-order chi connectivity index (χ0) is 24.8. The van der Waals surface area contributed by atoms with Gasteiger partial charge in [0.05, 0.1) is 0 Å². The monoisotopic (exact) mass is 531 g/mol. The van der Waals surface area contributed by atoms with Gasteiger partial charge in [0.25, 0.3) is 5.91 Å². The average Bonchev–Trinajstić information content (AvgIpc) is 3.26. The first kappa shape index (κ1) is 28.5. The van der Waals surface area contributed by atoms with Crippen molar-refractivity contribution in [2.45, 2.75) is 37.7 Å². The Morgan fingerprint density at radius 2 is 1.80 bits per heavy atom.